The number of rotatable bonds is 6. The van der Waals surface area contributed by atoms with Crippen molar-refractivity contribution < 1.29 is 0 Å². The third kappa shape index (κ3) is 5.37. The maximum Gasteiger partial charge on any atom is 0.0785 e. The number of aromatic nitrogens is 2. The van der Waals surface area contributed by atoms with Crippen LogP contribution in [0.15, 0.2) is 230 Å². The number of para-hydroxylation sites is 2. The molecule has 0 fully saturated rings. The van der Waals surface area contributed by atoms with Gasteiger partial charge in [0, 0.05) is 51.0 Å². The Labute approximate surface area is 386 Å². The average Bonchev–Trinajstić information content (AvgIpc) is 4.13. The van der Waals surface area contributed by atoms with Gasteiger partial charge in [-0.3, -0.25) is 0 Å². The fourth-order valence-corrected chi connectivity index (χ4v) is 12.9. The monoisotopic (exact) mass is 847 g/mol. The topological polar surface area (TPSA) is 13.1 Å². The van der Waals surface area contributed by atoms with Gasteiger partial charge in [0.2, 0.25) is 0 Å². The molecule has 2 aromatic heterocycles. The third-order valence-corrected chi connectivity index (χ3v) is 15.6. The largest absolute Gasteiger partial charge is 0.339 e. The van der Waals surface area contributed by atoms with Gasteiger partial charge in [0.15, 0.2) is 0 Å². The molecule has 2 heterocycles. The van der Waals surface area contributed by atoms with Crippen LogP contribution in [0.5, 0.6) is 0 Å². The second-order valence-electron chi connectivity index (χ2n) is 18.9. The van der Waals surface area contributed by atoms with E-state index in [0.717, 1.165) is 38.5 Å². The number of benzene rings is 6. The van der Waals surface area contributed by atoms with Crippen molar-refractivity contribution in [2.75, 3.05) is 4.90 Å². The van der Waals surface area contributed by atoms with Crippen LogP contribution in [0.25, 0.3) is 55.1 Å². The van der Waals surface area contributed by atoms with Crippen molar-refractivity contribution in [3.05, 3.63) is 257 Å². The fourth-order valence-electron chi connectivity index (χ4n) is 12.9. The van der Waals surface area contributed by atoms with Gasteiger partial charge in [-0.2, -0.15) is 0 Å². The van der Waals surface area contributed by atoms with Gasteiger partial charge in [0.25, 0.3) is 0 Å². The van der Waals surface area contributed by atoms with Gasteiger partial charge in [-0.25, -0.2) is 0 Å². The van der Waals surface area contributed by atoms with E-state index in [1.807, 2.05) is 0 Å². The van der Waals surface area contributed by atoms with Crippen LogP contribution in [0.1, 0.15) is 72.4 Å². The van der Waals surface area contributed by atoms with E-state index in [4.69, 9.17) is 0 Å². The van der Waals surface area contributed by atoms with Crippen LogP contribution in [0.3, 0.4) is 0 Å². The highest BCUT2D eigenvalue weighted by molar-refractivity contribution is 6.18. The maximum absolute atomic E-state index is 2.58. The number of anilines is 1. The van der Waals surface area contributed by atoms with Crippen LogP contribution in [0, 0.1) is 5.92 Å². The van der Waals surface area contributed by atoms with Crippen molar-refractivity contribution in [2.24, 2.45) is 5.92 Å². The van der Waals surface area contributed by atoms with E-state index in [0.29, 0.717) is 5.92 Å². The summed E-state index contributed by atoms with van der Waals surface area (Å²) in [4.78, 5) is 2.56. The van der Waals surface area contributed by atoms with Crippen LogP contribution in [0.4, 0.5) is 5.69 Å². The predicted octanol–water partition coefficient (Wildman–Crippen LogP) is 15.8. The Hall–Kier alpha value is -7.62. The molecule has 3 heteroatoms. The normalized spacial score (nSPS) is 21.5. The Bertz CT molecular complexity index is 3590. The zero-order valence-corrected chi connectivity index (χ0v) is 36.9. The van der Waals surface area contributed by atoms with Crippen molar-refractivity contribution in [3.63, 3.8) is 0 Å². The molecule has 0 saturated heterocycles. The second-order valence-corrected chi connectivity index (χ2v) is 18.9. The zero-order chi connectivity index (χ0) is 43.3. The SMILES string of the molecule is C1=CC(N(C2=CC=C3c4ccccc4C4(C5=CCCC=C5c5ccccc54)C3C2)c2ccc(C3=CCC(n4ccc5ccc6c7ccccc7n(-c7ccccc7)c6c54)C=C3)cc2)=CCC1. The lowest BCUT2D eigenvalue weighted by Gasteiger charge is -2.40. The van der Waals surface area contributed by atoms with Crippen LogP contribution in [-0.4, -0.2) is 9.13 Å². The average molecular weight is 848 g/mol. The summed E-state index contributed by atoms with van der Waals surface area (Å²) >= 11 is 0. The Morgan fingerprint density at radius 1 is 0.591 bits per heavy atom. The van der Waals surface area contributed by atoms with E-state index in [1.165, 1.54) is 106 Å². The quantitative estimate of drug-likeness (QED) is 0.162. The molecule has 0 aliphatic heterocycles. The molecule has 6 aromatic carbocycles. The van der Waals surface area contributed by atoms with E-state index in [-0.39, 0.29) is 11.5 Å². The molecular formula is C63H49N3. The standard InChI is InChI=1S/C63H49N3/c1-3-15-46(16-4-1)65(49-36-38-53-52-21-9-13-25-58(52)63(59(53)41-49)56-23-11-7-19-50(56)51-20-8-12-24-57(51)63)48-34-29-43(30-35-48)42-27-32-45(33-28-42)64-40-39-44-31-37-55-54-22-10-14-26-60(54)66(62(55)61(44)64)47-17-5-2-6-18-47/h2-3,5-7,9-11,13-32,34-40,45,59H,1,4,8,12,33,41H2. The van der Waals surface area contributed by atoms with Crippen LogP contribution in [-0.2, 0) is 5.41 Å². The molecule has 3 atom stereocenters. The lowest BCUT2D eigenvalue weighted by molar-refractivity contribution is 0.480. The highest BCUT2D eigenvalue weighted by atomic mass is 15.2. The van der Waals surface area contributed by atoms with E-state index in [2.05, 4.69) is 227 Å². The molecule has 3 unspecified atom stereocenters. The van der Waals surface area contributed by atoms with Crippen molar-refractivity contribution in [3.8, 4) is 5.69 Å². The van der Waals surface area contributed by atoms with E-state index >= 15 is 0 Å². The Kier molecular flexibility index (Phi) is 8.40. The molecule has 8 aromatic rings. The minimum Gasteiger partial charge on any atom is -0.339 e. The maximum atomic E-state index is 2.58. The summed E-state index contributed by atoms with van der Waals surface area (Å²) in [6.07, 6.45) is 32.8. The summed E-state index contributed by atoms with van der Waals surface area (Å²) in [6.45, 7) is 0. The lowest BCUT2D eigenvalue weighted by Crippen LogP contribution is -2.35. The molecule has 0 N–H and O–H groups in total. The smallest absolute Gasteiger partial charge is 0.0785 e. The first kappa shape index (κ1) is 37.7. The molecule has 1 spiro atoms. The number of hydrogen-bond donors (Lipinski definition) is 0. The summed E-state index contributed by atoms with van der Waals surface area (Å²) in [5.41, 5.74) is 21.4. The number of allylic oxidation sites excluding steroid dienone is 15. The molecule has 0 amide bonds. The van der Waals surface area contributed by atoms with Crippen LogP contribution >= 0.6 is 0 Å². The fraction of sp³-hybridized carbons (Fsp3) is 0.143. The summed E-state index contributed by atoms with van der Waals surface area (Å²) in [7, 11) is 0. The van der Waals surface area contributed by atoms with Crippen molar-refractivity contribution in [2.45, 2.75) is 50.0 Å². The first-order chi connectivity index (χ1) is 32.8. The van der Waals surface area contributed by atoms with E-state index in [1.54, 1.807) is 0 Å². The van der Waals surface area contributed by atoms with Gasteiger partial charge in [-0.1, -0.05) is 158 Å². The number of nitrogens with zero attached hydrogens (tertiary/aromatic N) is 3. The Morgan fingerprint density at radius 2 is 1.36 bits per heavy atom. The van der Waals surface area contributed by atoms with Crippen LogP contribution < -0.4 is 4.90 Å². The van der Waals surface area contributed by atoms with Gasteiger partial charge >= 0.3 is 0 Å². The first-order valence-corrected chi connectivity index (χ1v) is 24.0. The molecule has 6 aliphatic rings. The lowest BCUT2D eigenvalue weighted by atomic mass is 9.64. The third-order valence-electron chi connectivity index (χ3n) is 15.6. The highest BCUT2D eigenvalue weighted by Gasteiger charge is 2.58. The summed E-state index contributed by atoms with van der Waals surface area (Å²) < 4.78 is 4.96. The van der Waals surface area contributed by atoms with Gasteiger partial charge in [-0.15, -0.1) is 0 Å². The second kappa shape index (κ2) is 14.7. The molecular weight excluding hydrogens is 799 g/mol. The van der Waals surface area contributed by atoms with Gasteiger partial charge in [0.05, 0.1) is 28.0 Å². The molecule has 0 bridgehead atoms. The molecule has 14 rings (SSSR count). The van der Waals surface area contributed by atoms with Gasteiger partial charge < -0.3 is 14.0 Å². The Balaban J connectivity index is 0.804. The van der Waals surface area contributed by atoms with E-state index in [9.17, 15) is 0 Å². The van der Waals surface area contributed by atoms with Crippen molar-refractivity contribution in [1.82, 2.24) is 9.13 Å². The van der Waals surface area contributed by atoms with E-state index < -0.39 is 0 Å². The molecule has 0 radical (unpaired) electrons. The Morgan fingerprint density at radius 3 is 2.20 bits per heavy atom. The summed E-state index contributed by atoms with van der Waals surface area (Å²) in [5.74, 6) is 0.293. The van der Waals surface area contributed by atoms with Gasteiger partial charge in [-0.05, 0) is 137 Å². The molecule has 3 nitrogen and oxygen atoms in total. The minimum atomic E-state index is -0.200. The number of fused-ring (bicyclic) bond motifs is 15. The van der Waals surface area contributed by atoms with Gasteiger partial charge in [0.1, 0.15) is 0 Å². The van der Waals surface area contributed by atoms with Crippen molar-refractivity contribution >= 4 is 55.1 Å². The van der Waals surface area contributed by atoms with Crippen molar-refractivity contribution in [1.29, 1.82) is 0 Å². The summed E-state index contributed by atoms with van der Waals surface area (Å²) in [5, 5.41) is 3.84. The molecule has 316 valence electrons. The minimum absolute atomic E-state index is 0.200. The molecule has 0 saturated carbocycles. The predicted molar refractivity (Wildman–Crippen MR) is 276 cm³/mol. The molecule has 6 aliphatic carbocycles. The summed E-state index contributed by atoms with van der Waals surface area (Å²) in [6, 6.07) is 54.7. The number of hydrogen-bond acceptors (Lipinski definition) is 1. The zero-order valence-electron chi connectivity index (χ0n) is 36.9. The highest BCUT2D eigenvalue weighted by Crippen LogP contribution is 2.67. The first-order valence-electron chi connectivity index (χ1n) is 24.0. The van der Waals surface area contributed by atoms with Crippen LogP contribution in [0.2, 0.25) is 0 Å². The molecule has 66 heavy (non-hydrogen) atoms.